The summed E-state index contributed by atoms with van der Waals surface area (Å²) in [5, 5.41) is 0. The lowest BCUT2D eigenvalue weighted by atomic mass is 10.0. The molecule has 0 aliphatic heterocycles. The van der Waals surface area contributed by atoms with Gasteiger partial charge in [0, 0.05) is 5.54 Å². The number of nitrogens with two attached hydrogens (primary N) is 1. The Kier molecular flexibility index (Phi) is 3.43. The molecule has 1 aliphatic rings. The molecule has 0 radical (unpaired) electrons. The van der Waals surface area contributed by atoms with Crippen LogP contribution in [0.15, 0.2) is 24.3 Å². The van der Waals surface area contributed by atoms with Crippen LogP contribution in [-0.2, 0) is 5.54 Å². The molecule has 2 atom stereocenters. The zero-order valence-corrected chi connectivity index (χ0v) is 11.1. The maximum Gasteiger partial charge on any atom is 0.119 e. The van der Waals surface area contributed by atoms with E-state index in [4.69, 9.17) is 10.5 Å². The largest absolute Gasteiger partial charge is 0.493 e. The lowest BCUT2D eigenvalue weighted by molar-refractivity contribution is 0.271. The van der Waals surface area contributed by atoms with Crippen molar-refractivity contribution >= 4 is 0 Å². The molecule has 2 rings (SSSR count). The second-order valence-corrected chi connectivity index (χ2v) is 5.58. The van der Waals surface area contributed by atoms with E-state index in [9.17, 15) is 0 Å². The molecule has 94 valence electrons. The highest BCUT2D eigenvalue weighted by molar-refractivity contribution is 5.36. The lowest BCUT2D eigenvalue weighted by Crippen LogP contribution is -2.21. The fourth-order valence-electron chi connectivity index (χ4n) is 2.34. The van der Waals surface area contributed by atoms with Crippen LogP contribution >= 0.6 is 0 Å². The number of ether oxygens (including phenoxy) is 1. The third-order valence-electron chi connectivity index (χ3n) is 3.62. The Bertz CT molecular complexity index is 371. The first-order chi connectivity index (χ1) is 8.06. The van der Waals surface area contributed by atoms with Gasteiger partial charge in [-0.2, -0.15) is 0 Å². The summed E-state index contributed by atoms with van der Waals surface area (Å²) in [7, 11) is 0. The first-order valence-corrected chi connectivity index (χ1v) is 6.58. The number of rotatable bonds is 5. The molecule has 0 aromatic heterocycles. The predicted octanol–water partition coefficient (Wildman–Crippen LogP) is 3.31. The van der Waals surface area contributed by atoms with E-state index in [0.717, 1.165) is 18.8 Å². The van der Waals surface area contributed by atoms with E-state index in [2.05, 4.69) is 32.9 Å². The van der Waals surface area contributed by atoms with Crippen molar-refractivity contribution in [3.8, 4) is 5.75 Å². The molecule has 2 N–H and O–H groups in total. The smallest absolute Gasteiger partial charge is 0.119 e. The molecule has 1 aliphatic carbocycles. The van der Waals surface area contributed by atoms with Crippen molar-refractivity contribution in [1.29, 1.82) is 0 Å². The fraction of sp³-hybridized carbons (Fsp3) is 0.600. The zero-order chi connectivity index (χ0) is 12.5. The lowest BCUT2D eigenvalue weighted by Gasteiger charge is -2.13. The molecule has 1 aromatic rings. The Balaban J connectivity index is 1.99. The van der Waals surface area contributed by atoms with Crippen molar-refractivity contribution in [3.05, 3.63) is 29.8 Å². The second kappa shape index (κ2) is 4.69. The van der Waals surface area contributed by atoms with Gasteiger partial charge in [0.25, 0.3) is 0 Å². The molecule has 2 unspecified atom stereocenters. The Labute approximate surface area is 104 Å². The summed E-state index contributed by atoms with van der Waals surface area (Å²) in [4.78, 5) is 0. The average molecular weight is 233 g/mol. The van der Waals surface area contributed by atoms with Gasteiger partial charge in [-0.3, -0.25) is 0 Å². The molecule has 0 bridgehead atoms. The van der Waals surface area contributed by atoms with E-state index in [1.54, 1.807) is 0 Å². The molecule has 0 spiro atoms. The summed E-state index contributed by atoms with van der Waals surface area (Å²) in [5.41, 5.74) is 7.54. The van der Waals surface area contributed by atoms with Crippen LogP contribution in [0.4, 0.5) is 0 Å². The van der Waals surface area contributed by atoms with Gasteiger partial charge in [0.2, 0.25) is 0 Å². The Morgan fingerprint density at radius 2 is 2.00 bits per heavy atom. The van der Waals surface area contributed by atoms with Crippen LogP contribution in [0.1, 0.15) is 39.2 Å². The van der Waals surface area contributed by atoms with Gasteiger partial charge in [-0.15, -0.1) is 0 Å². The summed E-state index contributed by atoms with van der Waals surface area (Å²) in [6.07, 6.45) is 2.29. The molecular formula is C15H23NO. The van der Waals surface area contributed by atoms with E-state index in [1.165, 1.54) is 12.0 Å². The minimum absolute atomic E-state index is 0.0642. The molecule has 1 saturated carbocycles. The topological polar surface area (TPSA) is 35.2 Å². The van der Waals surface area contributed by atoms with Gasteiger partial charge in [0.15, 0.2) is 0 Å². The van der Waals surface area contributed by atoms with Crippen molar-refractivity contribution in [2.75, 3.05) is 6.61 Å². The van der Waals surface area contributed by atoms with Gasteiger partial charge in [0.1, 0.15) is 5.75 Å². The number of hydrogen-bond acceptors (Lipinski definition) is 2. The summed E-state index contributed by atoms with van der Waals surface area (Å²) in [6.45, 7) is 7.28. The van der Waals surface area contributed by atoms with Gasteiger partial charge in [-0.05, 0) is 36.0 Å². The van der Waals surface area contributed by atoms with Crippen LogP contribution in [0.3, 0.4) is 0 Å². The molecular weight excluding hydrogens is 210 g/mol. The minimum Gasteiger partial charge on any atom is -0.493 e. The van der Waals surface area contributed by atoms with E-state index in [0.29, 0.717) is 11.8 Å². The molecule has 0 heterocycles. The highest BCUT2D eigenvalue weighted by atomic mass is 16.5. The van der Waals surface area contributed by atoms with Crippen LogP contribution in [0.5, 0.6) is 5.75 Å². The molecule has 2 heteroatoms. The van der Waals surface area contributed by atoms with Crippen molar-refractivity contribution in [1.82, 2.24) is 0 Å². The van der Waals surface area contributed by atoms with Crippen LogP contribution < -0.4 is 10.5 Å². The molecule has 2 nitrogen and oxygen atoms in total. The second-order valence-electron chi connectivity index (χ2n) is 5.58. The minimum atomic E-state index is -0.0642. The molecule has 1 aromatic carbocycles. The van der Waals surface area contributed by atoms with Gasteiger partial charge >= 0.3 is 0 Å². The van der Waals surface area contributed by atoms with Crippen molar-refractivity contribution in [3.63, 3.8) is 0 Å². The Morgan fingerprint density at radius 3 is 2.47 bits per heavy atom. The van der Waals surface area contributed by atoms with Gasteiger partial charge in [-0.25, -0.2) is 0 Å². The Morgan fingerprint density at radius 1 is 1.35 bits per heavy atom. The van der Waals surface area contributed by atoms with E-state index in [-0.39, 0.29) is 5.54 Å². The summed E-state index contributed by atoms with van der Waals surface area (Å²) in [5.74, 6) is 2.16. The van der Waals surface area contributed by atoms with Crippen molar-refractivity contribution in [2.45, 2.75) is 39.2 Å². The standard InChI is InChI=1S/C15H23NO/c1-4-12-9-15(12,16)13-5-7-14(8-6-13)17-10-11(2)3/h5-8,11-12H,4,9-10,16H2,1-3H3. The normalized spacial score (nSPS) is 27.2. The molecule has 17 heavy (non-hydrogen) atoms. The summed E-state index contributed by atoms with van der Waals surface area (Å²) >= 11 is 0. The summed E-state index contributed by atoms with van der Waals surface area (Å²) in [6, 6.07) is 8.31. The fourth-order valence-corrected chi connectivity index (χ4v) is 2.34. The quantitative estimate of drug-likeness (QED) is 0.847. The third-order valence-corrected chi connectivity index (χ3v) is 3.62. The first kappa shape index (κ1) is 12.4. The van der Waals surface area contributed by atoms with Crippen LogP contribution in [0.25, 0.3) is 0 Å². The number of benzene rings is 1. The highest BCUT2D eigenvalue weighted by Crippen LogP contribution is 2.51. The number of hydrogen-bond donors (Lipinski definition) is 1. The van der Waals surface area contributed by atoms with Gasteiger partial charge in [0.05, 0.1) is 6.61 Å². The van der Waals surface area contributed by atoms with Crippen molar-refractivity contribution < 1.29 is 4.74 Å². The molecule has 1 fully saturated rings. The monoisotopic (exact) mass is 233 g/mol. The van der Waals surface area contributed by atoms with E-state index < -0.39 is 0 Å². The van der Waals surface area contributed by atoms with Crippen LogP contribution in [0.2, 0.25) is 0 Å². The van der Waals surface area contributed by atoms with Gasteiger partial charge < -0.3 is 10.5 Å². The third kappa shape index (κ3) is 2.63. The molecule has 0 saturated heterocycles. The average Bonchev–Trinajstić information content (AvgIpc) is 3.00. The summed E-state index contributed by atoms with van der Waals surface area (Å²) < 4.78 is 5.67. The van der Waals surface area contributed by atoms with Crippen LogP contribution in [-0.4, -0.2) is 6.61 Å². The van der Waals surface area contributed by atoms with Gasteiger partial charge in [-0.1, -0.05) is 39.3 Å². The van der Waals surface area contributed by atoms with E-state index >= 15 is 0 Å². The molecule has 0 amide bonds. The van der Waals surface area contributed by atoms with Crippen molar-refractivity contribution in [2.24, 2.45) is 17.6 Å². The highest BCUT2D eigenvalue weighted by Gasteiger charge is 2.50. The van der Waals surface area contributed by atoms with Crippen LogP contribution in [0, 0.1) is 11.8 Å². The van der Waals surface area contributed by atoms with E-state index in [1.807, 2.05) is 12.1 Å². The zero-order valence-electron chi connectivity index (χ0n) is 11.1. The maximum atomic E-state index is 6.35. The maximum absolute atomic E-state index is 6.35. The first-order valence-electron chi connectivity index (χ1n) is 6.58. The Hall–Kier alpha value is -1.02. The SMILES string of the molecule is CCC1CC1(N)c1ccc(OCC(C)C)cc1. The predicted molar refractivity (Wildman–Crippen MR) is 71.0 cm³/mol.